The minimum atomic E-state index is -1.77. The van der Waals surface area contributed by atoms with E-state index in [1.165, 1.54) is 90.8 Å². The molecule has 0 spiro atoms. The first-order valence-corrected chi connectivity index (χ1v) is 10.7. The third kappa shape index (κ3) is 2.78. The second-order valence-electron chi connectivity index (χ2n) is 6.64. The number of hydrogen-bond donors (Lipinski definition) is 1. The van der Waals surface area contributed by atoms with Gasteiger partial charge in [0.05, 0.1) is 0 Å². The van der Waals surface area contributed by atoms with E-state index in [4.69, 9.17) is 0 Å². The van der Waals surface area contributed by atoms with Gasteiger partial charge in [0, 0.05) is 0 Å². The van der Waals surface area contributed by atoms with Crippen LogP contribution in [0.5, 0.6) is 0 Å². The first kappa shape index (κ1) is 15.2. The Morgan fingerprint density at radius 2 is 1.05 bits per heavy atom. The summed E-state index contributed by atoms with van der Waals surface area (Å²) < 4.78 is 8.66. The van der Waals surface area contributed by atoms with Gasteiger partial charge < -0.3 is 0 Å². The summed E-state index contributed by atoms with van der Waals surface area (Å²) in [5.74, 6) is 0. The van der Waals surface area contributed by atoms with Gasteiger partial charge in [-0.05, 0) is 0 Å². The molecule has 0 unspecified atom stereocenters. The fourth-order valence-corrected chi connectivity index (χ4v) is 9.59. The molecular weight excluding hydrogens is 267 g/mol. The summed E-state index contributed by atoms with van der Waals surface area (Å²) in [6, 6.07) is 0. The van der Waals surface area contributed by atoms with E-state index in [1.807, 2.05) is 0 Å². The number of rotatable bonds is 6. The fourth-order valence-electron chi connectivity index (χ4n) is 4.31. The third-order valence-electron chi connectivity index (χ3n) is 5.25. The molecule has 0 bridgehead atoms. The first-order chi connectivity index (χ1) is 9.88. The van der Waals surface area contributed by atoms with Gasteiger partial charge in [0.2, 0.25) is 0 Å². The van der Waals surface area contributed by atoms with Crippen LogP contribution in [0.25, 0.3) is 0 Å². The van der Waals surface area contributed by atoms with E-state index in [0.717, 1.165) is 0 Å². The standard InChI is InChI=1S/C15H33N4P/c1-2-9-16-20(17-10-3-4-11-17,18-12-5-6-13-18)19-14-7-8-15-19/h16,20H,2-15H2,1H3. The zero-order valence-corrected chi connectivity index (χ0v) is 14.2. The van der Waals surface area contributed by atoms with E-state index in [0.29, 0.717) is 0 Å². The van der Waals surface area contributed by atoms with Crippen molar-refractivity contribution in [3.63, 3.8) is 0 Å². The zero-order chi connectivity index (χ0) is 13.8. The maximum atomic E-state index is 4.13. The van der Waals surface area contributed by atoms with Crippen LogP contribution >= 0.6 is 7.87 Å². The van der Waals surface area contributed by atoms with E-state index in [2.05, 4.69) is 26.0 Å². The normalized spacial score (nSPS) is 27.6. The summed E-state index contributed by atoms with van der Waals surface area (Å²) in [6.07, 6.45) is 9.70. The van der Waals surface area contributed by atoms with Crippen LogP contribution in [-0.2, 0) is 0 Å². The van der Waals surface area contributed by atoms with Gasteiger partial charge in [-0.1, -0.05) is 0 Å². The summed E-state index contributed by atoms with van der Waals surface area (Å²) in [5.41, 5.74) is 0. The Bertz CT molecular complexity index is 253. The summed E-state index contributed by atoms with van der Waals surface area (Å²) in [5, 5.41) is 4.13. The van der Waals surface area contributed by atoms with E-state index < -0.39 is 7.87 Å². The van der Waals surface area contributed by atoms with Crippen molar-refractivity contribution in [2.45, 2.75) is 51.9 Å². The van der Waals surface area contributed by atoms with Crippen LogP contribution in [-0.4, -0.2) is 59.8 Å². The Balaban J connectivity index is 1.87. The van der Waals surface area contributed by atoms with Crippen molar-refractivity contribution in [1.82, 2.24) is 19.1 Å². The molecule has 118 valence electrons. The predicted octanol–water partition coefficient (Wildman–Crippen LogP) is 2.68. The Morgan fingerprint density at radius 1 is 0.700 bits per heavy atom. The van der Waals surface area contributed by atoms with Gasteiger partial charge in [0.1, 0.15) is 0 Å². The molecule has 3 fully saturated rings. The molecule has 0 aromatic rings. The molecule has 5 heteroatoms. The quantitative estimate of drug-likeness (QED) is 0.761. The van der Waals surface area contributed by atoms with Crippen LogP contribution < -0.4 is 5.09 Å². The second-order valence-corrected chi connectivity index (χ2v) is 10.2. The molecule has 3 aliphatic heterocycles. The van der Waals surface area contributed by atoms with Gasteiger partial charge in [0.25, 0.3) is 0 Å². The molecule has 3 saturated heterocycles. The molecule has 0 amide bonds. The van der Waals surface area contributed by atoms with Gasteiger partial charge >= 0.3 is 125 Å². The molecule has 3 rings (SSSR count). The maximum absolute atomic E-state index is 4.13. The average Bonchev–Trinajstić information content (AvgIpc) is 3.23. The molecule has 3 aliphatic rings. The summed E-state index contributed by atoms with van der Waals surface area (Å²) in [4.78, 5) is 0. The van der Waals surface area contributed by atoms with Crippen molar-refractivity contribution in [1.29, 1.82) is 0 Å². The molecule has 0 saturated carbocycles. The third-order valence-corrected chi connectivity index (χ3v) is 9.96. The van der Waals surface area contributed by atoms with Crippen LogP contribution in [0, 0.1) is 0 Å². The van der Waals surface area contributed by atoms with Crippen LogP contribution in [0.2, 0.25) is 0 Å². The van der Waals surface area contributed by atoms with E-state index >= 15 is 0 Å². The van der Waals surface area contributed by atoms with E-state index in [1.54, 1.807) is 0 Å². The Kier molecular flexibility index (Phi) is 5.33. The van der Waals surface area contributed by atoms with Crippen LogP contribution in [0.4, 0.5) is 0 Å². The SMILES string of the molecule is CCCN[PH](N1CCCC1)(N1CCCC1)N1CCCC1. The zero-order valence-electron chi connectivity index (χ0n) is 13.2. The molecule has 0 radical (unpaired) electrons. The minimum absolute atomic E-state index is 1.19. The van der Waals surface area contributed by atoms with Gasteiger partial charge in [-0.2, -0.15) is 0 Å². The first-order valence-electron chi connectivity index (χ1n) is 8.88. The Morgan fingerprint density at radius 3 is 1.35 bits per heavy atom. The van der Waals surface area contributed by atoms with Gasteiger partial charge in [-0.15, -0.1) is 0 Å². The van der Waals surface area contributed by atoms with Crippen molar-refractivity contribution in [2.75, 3.05) is 45.8 Å². The molecule has 0 aromatic carbocycles. The van der Waals surface area contributed by atoms with Gasteiger partial charge in [0.15, 0.2) is 0 Å². The van der Waals surface area contributed by atoms with Crippen molar-refractivity contribution < 1.29 is 0 Å². The number of nitrogens with one attached hydrogen (secondary N) is 1. The molecule has 3 heterocycles. The molecule has 20 heavy (non-hydrogen) atoms. The number of hydrogen-bond acceptors (Lipinski definition) is 4. The monoisotopic (exact) mass is 300 g/mol. The topological polar surface area (TPSA) is 21.8 Å². The summed E-state index contributed by atoms with van der Waals surface area (Å²) in [6.45, 7) is 11.5. The summed E-state index contributed by atoms with van der Waals surface area (Å²) >= 11 is 0. The van der Waals surface area contributed by atoms with E-state index in [-0.39, 0.29) is 0 Å². The molecule has 0 aromatic heterocycles. The van der Waals surface area contributed by atoms with Crippen molar-refractivity contribution in [3.05, 3.63) is 0 Å². The van der Waals surface area contributed by atoms with Crippen molar-refractivity contribution in [3.8, 4) is 0 Å². The molecule has 1 N–H and O–H groups in total. The van der Waals surface area contributed by atoms with E-state index in [9.17, 15) is 0 Å². The van der Waals surface area contributed by atoms with Crippen LogP contribution in [0.3, 0.4) is 0 Å². The molecule has 0 atom stereocenters. The molecule has 0 aliphatic carbocycles. The Hall–Kier alpha value is 0.270. The fraction of sp³-hybridized carbons (Fsp3) is 1.00. The second kappa shape index (κ2) is 7.02. The van der Waals surface area contributed by atoms with Gasteiger partial charge in [-0.3, -0.25) is 0 Å². The average molecular weight is 300 g/mol. The van der Waals surface area contributed by atoms with Crippen molar-refractivity contribution in [2.24, 2.45) is 0 Å². The predicted molar refractivity (Wildman–Crippen MR) is 89.0 cm³/mol. The van der Waals surface area contributed by atoms with Crippen LogP contribution in [0.15, 0.2) is 0 Å². The summed E-state index contributed by atoms with van der Waals surface area (Å²) in [7, 11) is -1.77. The Labute approximate surface area is 125 Å². The van der Waals surface area contributed by atoms with Gasteiger partial charge in [-0.25, -0.2) is 0 Å². The molecule has 4 nitrogen and oxygen atoms in total. The molecular formula is C15H33N4P. The number of nitrogens with zero attached hydrogens (tertiary/aromatic N) is 3. The van der Waals surface area contributed by atoms with Crippen LogP contribution in [0.1, 0.15) is 51.9 Å². The van der Waals surface area contributed by atoms with Crippen molar-refractivity contribution >= 4 is 7.87 Å².